The lowest BCUT2D eigenvalue weighted by molar-refractivity contribution is 0.0796. The minimum atomic E-state index is -0.267. The Morgan fingerprint density at radius 2 is 2.04 bits per heavy atom. The third-order valence-corrected chi connectivity index (χ3v) is 7.07. The van der Waals surface area contributed by atoms with E-state index in [1.54, 1.807) is 0 Å². The van der Waals surface area contributed by atoms with E-state index in [0.717, 1.165) is 25.7 Å². The van der Waals surface area contributed by atoms with Crippen molar-refractivity contribution in [3.63, 3.8) is 0 Å². The highest BCUT2D eigenvalue weighted by Gasteiger charge is 2.49. The van der Waals surface area contributed by atoms with E-state index in [-0.39, 0.29) is 11.5 Å². The van der Waals surface area contributed by atoms with Crippen molar-refractivity contribution < 1.29 is 9.84 Å². The predicted molar refractivity (Wildman–Crippen MR) is 104 cm³/mol. The minimum Gasteiger partial charge on any atom is -0.389 e. The van der Waals surface area contributed by atoms with Crippen LogP contribution in [0.4, 0.5) is 0 Å². The van der Waals surface area contributed by atoms with E-state index >= 15 is 0 Å². The third kappa shape index (κ3) is 3.31. The molecule has 0 aromatic carbocycles. The highest BCUT2D eigenvalue weighted by Crippen LogP contribution is 2.57. The maximum absolute atomic E-state index is 10.5. The number of methoxy groups -OCH3 is 1. The molecule has 3 rings (SSSR count). The van der Waals surface area contributed by atoms with Gasteiger partial charge in [0, 0.05) is 7.11 Å². The summed E-state index contributed by atoms with van der Waals surface area (Å²) in [4.78, 5) is 0. The number of aliphatic hydroxyl groups is 1. The third-order valence-electron chi connectivity index (χ3n) is 7.07. The molecule has 0 spiro atoms. The smallest absolute Gasteiger partial charge is 0.0761 e. The summed E-state index contributed by atoms with van der Waals surface area (Å²) in [6.07, 6.45) is 13.3. The van der Waals surface area contributed by atoms with Gasteiger partial charge in [0.15, 0.2) is 0 Å². The molecule has 0 aliphatic heterocycles. The van der Waals surface area contributed by atoms with E-state index in [1.807, 2.05) is 7.11 Å². The molecule has 0 heterocycles. The van der Waals surface area contributed by atoms with Crippen LogP contribution in [0.25, 0.3) is 0 Å². The molecule has 0 aromatic heterocycles. The quantitative estimate of drug-likeness (QED) is 0.685. The maximum atomic E-state index is 10.5. The van der Waals surface area contributed by atoms with Gasteiger partial charge < -0.3 is 9.84 Å². The normalized spacial score (nSPS) is 43.9. The van der Waals surface area contributed by atoms with Crippen molar-refractivity contribution in [3.05, 3.63) is 47.1 Å². The summed E-state index contributed by atoms with van der Waals surface area (Å²) >= 11 is 0. The van der Waals surface area contributed by atoms with Crippen LogP contribution in [-0.2, 0) is 4.74 Å². The standard InChI is InChI=1S/C23H34O2/c1-6-20-22(24)14-21-17(8-7-11-23(20,21)4)9-10-18-13-19(25-5)12-15(2)16(18)3/h6,9-10,15,19,21-22,24H,3,7-8,11-14H2,1-2,4-5H3/b17-9+,18-10-,20-6-. The Morgan fingerprint density at radius 1 is 1.28 bits per heavy atom. The van der Waals surface area contributed by atoms with Crippen molar-refractivity contribution in [2.24, 2.45) is 17.3 Å². The second-order valence-electron chi connectivity index (χ2n) is 8.48. The van der Waals surface area contributed by atoms with Gasteiger partial charge in [-0.3, -0.25) is 0 Å². The van der Waals surface area contributed by atoms with E-state index < -0.39 is 0 Å². The van der Waals surface area contributed by atoms with Gasteiger partial charge in [0.25, 0.3) is 0 Å². The fraction of sp³-hybridized carbons (Fsp3) is 0.652. The molecule has 0 saturated heterocycles. The van der Waals surface area contributed by atoms with Gasteiger partial charge >= 0.3 is 0 Å². The second-order valence-corrected chi connectivity index (χ2v) is 8.48. The van der Waals surface area contributed by atoms with Gasteiger partial charge in [-0.2, -0.15) is 0 Å². The molecule has 5 atom stereocenters. The molecule has 25 heavy (non-hydrogen) atoms. The molecule has 138 valence electrons. The van der Waals surface area contributed by atoms with Crippen LogP contribution >= 0.6 is 0 Å². The molecule has 1 N–H and O–H groups in total. The van der Waals surface area contributed by atoms with Gasteiger partial charge in [-0.25, -0.2) is 0 Å². The van der Waals surface area contributed by atoms with Crippen LogP contribution in [0.3, 0.4) is 0 Å². The van der Waals surface area contributed by atoms with E-state index in [4.69, 9.17) is 4.74 Å². The predicted octanol–water partition coefficient (Wildman–Crippen LogP) is 5.36. The van der Waals surface area contributed by atoms with E-state index in [2.05, 4.69) is 45.6 Å². The lowest BCUT2D eigenvalue weighted by Gasteiger charge is -2.39. The van der Waals surface area contributed by atoms with Crippen LogP contribution in [0.15, 0.2) is 47.1 Å². The average Bonchev–Trinajstić information content (AvgIpc) is 2.85. The van der Waals surface area contributed by atoms with Crippen LogP contribution in [-0.4, -0.2) is 24.4 Å². The van der Waals surface area contributed by atoms with Crippen molar-refractivity contribution >= 4 is 0 Å². The van der Waals surface area contributed by atoms with Crippen molar-refractivity contribution in [3.8, 4) is 0 Å². The molecule has 2 heteroatoms. The highest BCUT2D eigenvalue weighted by atomic mass is 16.5. The summed E-state index contributed by atoms with van der Waals surface area (Å²) < 4.78 is 5.62. The van der Waals surface area contributed by atoms with Crippen molar-refractivity contribution in [1.82, 2.24) is 0 Å². The molecule has 0 radical (unpaired) electrons. The minimum absolute atomic E-state index is 0.142. The molecule has 0 bridgehead atoms. The Hall–Kier alpha value is -1.12. The first kappa shape index (κ1) is 18.7. The van der Waals surface area contributed by atoms with E-state index in [1.165, 1.54) is 35.1 Å². The zero-order valence-electron chi connectivity index (χ0n) is 16.3. The topological polar surface area (TPSA) is 29.5 Å². The van der Waals surface area contributed by atoms with Gasteiger partial charge in [0.05, 0.1) is 12.2 Å². The molecule has 5 unspecified atom stereocenters. The SMILES string of the molecule is C=C1/C(=C\C=C2/CCCC3(C)/C(=C\C)C(O)CC23)CC(OC)CC1C. The lowest BCUT2D eigenvalue weighted by Crippen LogP contribution is -2.29. The Labute approximate surface area is 153 Å². The first-order chi connectivity index (χ1) is 11.9. The van der Waals surface area contributed by atoms with Gasteiger partial charge in [-0.15, -0.1) is 0 Å². The zero-order chi connectivity index (χ0) is 18.2. The highest BCUT2D eigenvalue weighted by molar-refractivity contribution is 5.39. The van der Waals surface area contributed by atoms with Crippen molar-refractivity contribution in [2.45, 2.75) is 71.5 Å². The Morgan fingerprint density at radius 3 is 2.72 bits per heavy atom. The van der Waals surface area contributed by atoms with E-state index in [9.17, 15) is 5.11 Å². The monoisotopic (exact) mass is 342 g/mol. The molecule has 3 aliphatic rings. The molecule has 3 fully saturated rings. The fourth-order valence-electron chi connectivity index (χ4n) is 5.50. The lowest BCUT2D eigenvalue weighted by atomic mass is 9.65. The van der Waals surface area contributed by atoms with Crippen LogP contribution in [0.1, 0.15) is 59.3 Å². The first-order valence-electron chi connectivity index (χ1n) is 9.87. The summed E-state index contributed by atoms with van der Waals surface area (Å²) in [6.45, 7) is 11.0. The Kier molecular flexibility index (Phi) is 5.41. The summed E-state index contributed by atoms with van der Waals surface area (Å²) in [7, 11) is 1.81. The van der Waals surface area contributed by atoms with Crippen LogP contribution in [0, 0.1) is 17.3 Å². The van der Waals surface area contributed by atoms with Crippen molar-refractivity contribution in [2.75, 3.05) is 7.11 Å². The molecule has 2 nitrogen and oxygen atoms in total. The molecule has 3 aliphatic carbocycles. The number of rotatable bonds is 2. The summed E-state index contributed by atoms with van der Waals surface area (Å²) in [5, 5.41) is 10.5. The number of hydrogen-bond acceptors (Lipinski definition) is 2. The maximum Gasteiger partial charge on any atom is 0.0761 e. The molecule has 0 aromatic rings. The number of ether oxygens (including phenoxy) is 1. The summed E-state index contributed by atoms with van der Waals surface area (Å²) in [5.74, 6) is 0.967. The van der Waals surface area contributed by atoms with E-state index in [0.29, 0.717) is 17.9 Å². The largest absolute Gasteiger partial charge is 0.389 e. The Bertz CT molecular complexity index is 624. The van der Waals surface area contributed by atoms with Gasteiger partial charge in [-0.1, -0.05) is 44.2 Å². The second kappa shape index (κ2) is 7.25. The number of aliphatic hydroxyl groups excluding tert-OH is 1. The Balaban J connectivity index is 1.87. The number of fused-ring (bicyclic) bond motifs is 1. The van der Waals surface area contributed by atoms with Crippen LogP contribution in [0.2, 0.25) is 0 Å². The van der Waals surface area contributed by atoms with Crippen molar-refractivity contribution in [1.29, 1.82) is 0 Å². The van der Waals surface area contributed by atoms with Gasteiger partial charge in [0.1, 0.15) is 0 Å². The number of hydrogen-bond donors (Lipinski definition) is 1. The van der Waals surface area contributed by atoms with Gasteiger partial charge in [0.2, 0.25) is 0 Å². The molecule has 3 saturated carbocycles. The van der Waals surface area contributed by atoms with Gasteiger partial charge in [-0.05, 0) is 79.4 Å². The van der Waals surface area contributed by atoms with Crippen LogP contribution < -0.4 is 0 Å². The fourth-order valence-corrected chi connectivity index (χ4v) is 5.50. The average molecular weight is 343 g/mol. The number of allylic oxidation sites excluding steroid dienone is 5. The zero-order valence-corrected chi connectivity index (χ0v) is 16.3. The molecule has 0 amide bonds. The summed E-state index contributed by atoms with van der Waals surface area (Å²) in [5.41, 5.74) is 5.52. The summed E-state index contributed by atoms with van der Waals surface area (Å²) in [6, 6.07) is 0. The van der Waals surface area contributed by atoms with Crippen LogP contribution in [0.5, 0.6) is 0 Å². The molecular weight excluding hydrogens is 308 g/mol. The molecular formula is C23H34O2. The first-order valence-corrected chi connectivity index (χ1v) is 9.87.